The fourth-order valence-electron chi connectivity index (χ4n) is 2.29. The van der Waals surface area contributed by atoms with Gasteiger partial charge in [-0.3, -0.25) is 0 Å². The van der Waals surface area contributed by atoms with Gasteiger partial charge in [0.15, 0.2) is 0 Å². The van der Waals surface area contributed by atoms with Gasteiger partial charge in [-0.15, -0.1) is 12.4 Å². The predicted molar refractivity (Wildman–Crippen MR) is 81.2 cm³/mol. The maximum atomic E-state index is 13.5. The van der Waals surface area contributed by atoms with E-state index >= 15 is 0 Å². The van der Waals surface area contributed by atoms with Gasteiger partial charge in [-0.2, -0.15) is 4.31 Å². The van der Waals surface area contributed by atoms with Crippen LogP contribution in [0.1, 0.15) is 17.3 Å². The number of piperazine rings is 1. The first-order valence-electron chi connectivity index (χ1n) is 6.48. The lowest BCUT2D eigenvalue weighted by Crippen LogP contribution is -2.52. The molecule has 1 aromatic rings. The summed E-state index contributed by atoms with van der Waals surface area (Å²) >= 11 is 0. The van der Waals surface area contributed by atoms with Crippen molar-refractivity contribution in [3.8, 4) is 0 Å². The van der Waals surface area contributed by atoms with Crippen molar-refractivity contribution >= 4 is 28.4 Å². The van der Waals surface area contributed by atoms with Crippen molar-refractivity contribution in [1.82, 2.24) is 9.62 Å². The van der Waals surface area contributed by atoms with Crippen molar-refractivity contribution < 1.29 is 22.3 Å². The molecule has 1 unspecified atom stereocenters. The number of methoxy groups -OCH3 is 1. The molecule has 2 rings (SSSR count). The Morgan fingerprint density at radius 1 is 1.45 bits per heavy atom. The summed E-state index contributed by atoms with van der Waals surface area (Å²) in [5.41, 5.74) is -0.162. The molecule has 0 bridgehead atoms. The molecule has 1 aliphatic heterocycles. The molecule has 1 atom stereocenters. The van der Waals surface area contributed by atoms with Crippen LogP contribution in [0.25, 0.3) is 0 Å². The van der Waals surface area contributed by atoms with Crippen molar-refractivity contribution in [3.05, 3.63) is 29.6 Å². The van der Waals surface area contributed by atoms with Gasteiger partial charge in [-0.1, -0.05) is 0 Å². The highest BCUT2D eigenvalue weighted by molar-refractivity contribution is 7.89. The minimum atomic E-state index is -3.97. The average molecular weight is 353 g/mol. The van der Waals surface area contributed by atoms with Crippen molar-refractivity contribution in [2.24, 2.45) is 0 Å². The molecule has 0 aliphatic carbocycles. The van der Waals surface area contributed by atoms with Crippen molar-refractivity contribution in [3.63, 3.8) is 0 Å². The van der Waals surface area contributed by atoms with Crippen LogP contribution in [0.2, 0.25) is 0 Å². The summed E-state index contributed by atoms with van der Waals surface area (Å²) in [5, 5.41) is 3.08. The topological polar surface area (TPSA) is 75.7 Å². The molecule has 1 N–H and O–H groups in total. The predicted octanol–water partition coefficient (Wildman–Crippen LogP) is 1.02. The zero-order valence-corrected chi connectivity index (χ0v) is 13.8. The number of nitrogens with zero attached hydrogens (tertiary/aromatic N) is 1. The van der Waals surface area contributed by atoms with Crippen LogP contribution in [0.3, 0.4) is 0 Å². The van der Waals surface area contributed by atoms with Crippen LogP contribution >= 0.6 is 12.4 Å². The Bertz CT molecular complexity index is 653. The van der Waals surface area contributed by atoms with Crippen molar-refractivity contribution in [2.75, 3.05) is 26.7 Å². The van der Waals surface area contributed by atoms with Crippen molar-refractivity contribution in [1.29, 1.82) is 0 Å². The lowest BCUT2D eigenvalue weighted by molar-refractivity contribution is 0.0596. The summed E-state index contributed by atoms with van der Waals surface area (Å²) in [6.07, 6.45) is 0. The summed E-state index contributed by atoms with van der Waals surface area (Å²) in [4.78, 5) is 11.4. The molecule has 0 spiro atoms. The van der Waals surface area contributed by atoms with Gasteiger partial charge < -0.3 is 10.1 Å². The van der Waals surface area contributed by atoms with Gasteiger partial charge in [0.25, 0.3) is 0 Å². The number of carbonyl (C=O) groups is 1. The van der Waals surface area contributed by atoms with Gasteiger partial charge in [-0.05, 0) is 25.1 Å². The van der Waals surface area contributed by atoms with E-state index in [1.165, 1.54) is 4.31 Å². The van der Waals surface area contributed by atoms with E-state index in [-0.39, 0.29) is 35.5 Å². The zero-order valence-electron chi connectivity index (χ0n) is 12.2. The van der Waals surface area contributed by atoms with Crippen LogP contribution in [0.5, 0.6) is 0 Å². The number of esters is 1. The first-order chi connectivity index (χ1) is 9.87. The van der Waals surface area contributed by atoms with E-state index < -0.39 is 21.8 Å². The van der Waals surface area contributed by atoms with E-state index in [0.717, 1.165) is 25.3 Å². The van der Waals surface area contributed by atoms with E-state index in [1.54, 1.807) is 6.92 Å². The maximum absolute atomic E-state index is 13.5. The van der Waals surface area contributed by atoms with E-state index in [2.05, 4.69) is 10.1 Å². The number of nitrogens with one attached hydrogen (secondary N) is 1. The number of ether oxygens (including phenoxy) is 1. The first kappa shape index (κ1) is 18.8. The van der Waals surface area contributed by atoms with Gasteiger partial charge in [0.1, 0.15) is 5.82 Å². The van der Waals surface area contributed by atoms with Crippen LogP contribution in [0.15, 0.2) is 23.1 Å². The highest BCUT2D eigenvalue weighted by Gasteiger charge is 2.34. The Morgan fingerprint density at radius 3 is 2.73 bits per heavy atom. The summed E-state index contributed by atoms with van der Waals surface area (Å²) < 4.78 is 44.7. The number of carbonyl (C=O) groups excluding carboxylic acids is 1. The quantitative estimate of drug-likeness (QED) is 0.822. The average Bonchev–Trinajstić information content (AvgIpc) is 2.46. The van der Waals surface area contributed by atoms with E-state index in [0.29, 0.717) is 13.1 Å². The molecule has 1 fully saturated rings. The normalized spacial score (nSPS) is 19.3. The Morgan fingerprint density at radius 2 is 2.14 bits per heavy atom. The lowest BCUT2D eigenvalue weighted by Gasteiger charge is -2.33. The third-order valence-electron chi connectivity index (χ3n) is 3.38. The third-order valence-corrected chi connectivity index (χ3v) is 5.43. The Hall–Kier alpha value is -1.22. The second-order valence-electron chi connectivity index (χ2n) is 4.80. The number of hydrogen-bond acceptors (Lipinski definition) is 5. The van der Waals surface area contributed by atoms with Crippen LogP contribution in [-0.2, 0) is 14.8 Å². The number of rotatable bonds is 3. The summed E-state index contributed by atoms with van der Waals surface area (Å²) in [6.45, 7) is 3.02. The largest absolute Gasteiger partial charge is 0.465 e. The molecule has 0 radical (unpaired) electrons. The Kier molecular flexibility index (Phi) is 6.30. The van der Waals surface area contributed by atoms with Gasteiger partial charge >= 0.3 is 5.97 Å². The fourth-order valence-corrected chi connectivity index (χ4v) is 4.12. The molecular weight excluding hydrogens is 335 g/mol. The number of sulfonamides is 1. The Labute approximate surface area is 135 Å². The Balaban J connectivity index is 0.00000242. The monoisotopic (exact) mass is 352 g/mol. The van der Waals surface area contributed by atoms with Crippen LogP contribution in [0.4, 0.5) is 4.39 Å². The molecule has 1 heterocycles. The van der Waals surface area contributed by atoms with E-state index in [4.69, 9.17) is 0 Å². The molecule has 0 amide bonds. The number of halogens is 2. The molecule has 22 heavy (non-hydrogen) atoms. The maximum Gasteiger partial charge on any atom is 0.339 e. The fraction of sp³-hybridized carbons (Fsp3) is 0.462. The van der Waals surface area contributed by atoms with E-state index in [9.17, 15) is 17.6 Å². The molecule has 1 aromatic carbocycles. The minimum absolute atomic E-state index is 0. The van der Waals surface area contributed by atoms with Gasteiger partial charge in [0.05, 0.1) is 17.6 Å². The second kappa shape index (κ2) is 7.36. The van der Waals surface area contributed by atoms with Gasteiger partial charge in [0, 0.05) is 25.7 Å². The lowest BCUT2D eigenvalue weighted by atomic mass is 10.2. The smallest absolute Gasteiger partial charge is 0.339 e. The summed E-state index contributed by atoms with van der Waals surface area (Å²) in [6, 6.07) is 2.74. The van der Waals surface area contributed by atoms with Crippen LogP contribution in [-0.4, -0.2) is 51.5 Å². The third kappa shape index (κ3) is 3.57. The molecule has 6 nitrogen and oxygen atoms in total. The highest BCUT2D eigenvalue weighted by atomic mass is 35.5. The number of hydrogen-bond donors (Lipinski definition) is 1. The minimum Gasteiger partial charge on any atom is -0.465 e. The van der Waals surface area contributed by atoms with Crippen molar-refractivity contribution in [2.45, 2.75) is 17.9 Å². The van der Waals surface area contributed by atoms with Crippen LogP contribution in [0, 0.1) is 5.82 Å². The number of benzene rings is 1. The zero-order chi connectivity index (χ0) is 15.6. The SMILES string of the molecule is COC(=O)c1ccc(F)cc1S(=O)(=O)N1CCNCC1C.Cl. The molecule has 0 saturated carbocycles. The molecule has 0 aromatic heterocycles. The summed E-state index contributed by atoms with van der Waals surface area (Å²) in [7, 11) is -2.82. The van der Waals surface area contributed by atoms with Gasteiger partial charge in [-0.25, -0.2) is 17.6 Å². The molecular formula is C13H18ClFN2O4S. The molecule has 1 saturated heterocycles. The van der Waals surface area contributed by atoms with Crippen LogP contribution < -0.4 is 5.32 Å². The first-order valence-corrected chi connectivity index (χ1v) is 7.92. The summed E-state index contributed by atoms with van der Waals surface area (Å²) in [5.74, 6) is -1.53. The standard InChI is InChI=1S/C13H17FN2O4S.ClH/c1-9-8-15-5-6-16(9)21(18,19)12-7-10(14)3-4-11(12)13(17)20-2;/h3-4,7,9,15H,5-6,8H2,1-2H3;1H. The highest BCUT2D eigenvalue weighted by Crippen LogP contribution is 2.24. The van der Waals surface area contributed by atoms with Gasteiger partial charge in [0.2, 0.25) is 10.0 Å². The second-order valence-corrected chi connectivity index (χ2v) is 6.66. The molecule has 1 aliphatic rings. The molecule has 124 valence electrons. The molecule has 9 heteroatoms. The van der Waals surface area contributed by atoms with E-state index in [1.807, 2.05) is 0 Å².